The zero-order valence-corrected chi connectivity index (χ0v) is 12.0. The first kappa shape index (κ1) is 17.0. The molecule has 0 aromatic heterocycles. The molecular weight excluding hydrogens is 282 g/mol. The molecule has 0 aliphatic heterocycles. The maximum atomic E-state index is 13.2. The third kappa shape index (κ3) is 5.47. The van der Waals surface area contributed by atoms with E-state index in [-0.39, 0.29) is 18.1 Å². The minimum atomic E-state index is -1.07. The first-order valence-electron chi connectivity index (χ1n) is 6.44. The highest BCUT2D eigenvalue weighted by Crippen LogP contribution is 2.18. The van der Waals surface area contributed by atoms with Crippen molar-refractivity contribution < 1.29 is 23.1 Å². The first-order valence-corrected chi connectivity index (χ1v) is 6.44. The highest BCUT2D eigenvalue weighted by molar-refractivity contribution is 5.97. The molecule has 5 nitrogen and oxygen atoms in total. The Labute approximate surface area is 121 Å². The molecule has 0 heterocycles. The summed E-state index contributed by atoms with van der Waals surface area (Å²) in [5.41, 5.74) is 0.133. The van der Waals surface area contributed by atoms with E-state index in [9.17, 15) is 18.4 Å². The van der Waals surface area contributed by atoms with Crippen molar-refractivity contribution >= 4 is 17.5 Å². The molecular formula is C14H18F2N2O3. The van der Waals surface area contributed by atoms with Crippen LogP contribution in [0.3, 0.4) is 0 Å². The topological polar surface area (TPSA) is 58.6 Å². The van der Waals surface area contributed by atoms with Gasteiger partial charge >= 0.3 is 0 Å². The molecule has 0 aliphatic rings. The zero-order valence-electron chi connectivity index (χ0n) is 12.0. The van der Waals surface area contributed by atoms with Crippen LogP contribution in [0.4, 0.5) is 14.5 Å². The molecule has 0 unspecified atom stereocenters. The Hall–Kier alpha value is -2.02. The molecule has 0 saturated carbocycles. The Morgan fingerprint density at radius 3 is 2.57 bits per heavy atom. The average molecular weight is 300 g/mol. The normalized spacial score (nSPS) is 10.3. The van der Waals surface area contributed by atoms with Crippen LogP contribution in [0.1, 0.15) is 13.3 Å². The summed E-state index contributed by atoms with van der Waals surface area (Å²) in [6.07, 6.45) is 0.646. The van der Waals surface area contributed by atoms with Gasteiger partial charge in [0.1, 0.15) is 6.54 Å². The molecule has 0 saturated heterocycles. The Morgan fingerprint density at radius 1 is 1.29 bits per heavy atom. The van der Waals surface area contributed by atoms with Gasteiger partial charge in [0.15, 0.2) is 11.6 Å². The van der Waals surface area contributed by atoms with Gasteiger partial charge in [-0.25, -0.2) is 8.78 Å². The van der Waals surface area contributed by atoms with Crippen LogP contribution >= 0.6 is 0 Å². The number of halogens is 2. The molecule has 1 rings (SSSR count). The molecule has 2 amide bonds. The summed E-state index contributed by atoms with van der Waals surface area (Å²) < 4.78 is 30.9. The summed E-state index contributed by atoms with van der Waals surface area (Å²) >= 11 is 0. The number of carbonyl (C=O) groups excluding carboxylic acids is 2. The van der Waals surface area contributed by atoms with Gasteiger partial charge in [0.25, 0.3) is 0 Å². The lowest BCUT2D eigenvalue weighted by molar-refractivity contribution is -0.123. The number of anilines is 1. The van der Waals surface area contributed by atoms with Crippen molar-refractivity contribution in [2.45, 2.75) is 13.3 Å². The summed E-state index contributed by atoms with van der Waals surface area (Å²) in [5.74, 6) is -2.90. The van der Waals surface area contributed by atoms with Crippen LogP contribution in [-0.2, 0) is 14.3 Å². The number of nitrogens with zero attached hydrogens (tertiary/aromatic N) is 1. The van der Waals surface area contributed by atoms with Crippen LogP contribution in [0.2, 0.25) is 0 Å². The number of nitrogens with one attached hydrogen (secondary N) is 1. The SMILES string of the molecule is COCCCNC(=O)CN(C(C)=O)c1ccc(F)c(F)c1. The summed E-state index contributed by atoms with van der Waals surface area (Å²) in [6, 6.07) is 3.05. The van der Waals surface area contributed by atoms with Gasteiger partial charge in [-0.05, 0) is 18.6 Å². The van der Waals surface area contributed by atoms with Crippen LogP contribution in [0.25, 0.3) is 0 Å². The second-order valence-electron chi connectivity index (χ2n) is 4.40. The molecule has 1 N–H and O–H groups in total. The van der Waals surface area contributed by atoms with Crippen molar-refractivity contribution in [3.63, 3.8) is 0 Å². The summed E-state index contributed by atoms with van der Waals surface area (Å²) in [7, 11) is 1.56. The molecule has 0 bridgehead atoms. The first-order chi connectivity index (χ1) is 9.95. The third-order valence-corrected chi connectivity index (χ3v) is 2.74. The summed E-state index contributed by atoms with van der Waals surface area (Å²) in [4.78, 5) is 24.4. The minimum Gasteiger partial charge on any atom is -0.385 e. The number of hydrogen-bond donors (Lipinski definition) is 1. The lowest BCUT2D eigenvalue weighted by atomic mass is 10.2. The number of ether oxygens (including phenoxy) is 1. The molecule has 1 aromatic rings. The Balaban J connectivity index is 2.67. The second-order valence-corrected chi connectivity index (χ2v) is 4.40. The van der Waals surface area contributed by atoms with E-state index in [4.69, 9.17) is 4.74 Å². The fraction of sp³-hybridized carbons (Fsp3) is 0.429. The fourth-order valence-corrected chi connectivity index (χ4v) is 1.68. The fourth-order valence-electron chi connectivity index (χ4n) is 1.68. The predicted octanol–water partition coefficient (Wildman–Crippen LogP) is 1.47. The van der Waals surface area contributed by atoms with E-state index in [1.54, 1.807) is 7.11 Å². The number of benzene rings is 1. The molecule has 116 valence electrons. The van der Waals surface area contributed by atoms with Gasteiger partial charge in [-0.3, -0.25) is 9.59 Å². The molecule has 0 spiro atoms. The van der Waals surface area contributed by atoms with E-state index >= 15 is 0 Å². The highest BCUT2D eigenvalue weighted by Gasteiger charge is 2.17. The molecule has 1 aromatic carbocycles. The van der Waals surface area contributed by atoms with Crippen molar-refractivity contribution in [2.75, 3.05) is 31.7 Å². The van der Waals surface area contributed by atoms with Crippen molar-refractivity contribution in [1.82, 2.24) is 5.32 Å². The van der Waals surface area contributed by atoms with Gasteiger partial charge in [-0.15, -0.1) is 0 Å². The largest absolute Gasteiger partial charge is 0.385 e. The Kier molecular flexibility index (Phi) is 6.74. The van der Waals surface area contributed by atoms with Crippen molar-refractivity contribution in [1.29, 1.82) is 0 Å². The third-order valence-electron chi connectivity index (χ3n) is 2.74. The second kappa shape index (κ2) is 8.31. The number of amides is 2. The molecule has 0 fully saturated rings. The van der Waals surface area contributed by atoms with Crippen LogP contribution in [0.15, 0.2) is 18.2 Å². The van der Waals surface area contributed by atoms with Gasteiger partial charge in [-0.2, -0.15) is 0 Å². The standard InChI is InChI=1S/C14H18F2N2O3/c1-10(19)18(9-14(20)17-6-3-7-21-2)11-4-5-12(15)13(16)8-11/h4-5,8H,3,6-7,9H2,1-2H3,(H,17,20). The van der Waals surface area contributed by atoms with Crippen molar-refractivity contribution in [3.05, 3.63) is 29.8 Å². The molecule has 21 heavy (non-hydrogen) atoms. The Bertz CT molecular complexity index is 509. The van der Waals surface area contributed by atoms with E-state index in [0.717, 1.165) is 17.0 Å². The van der Waals surface area contributed by atoms with Crippen molar-refractivity contribution in [2.24, 2.45) is 0 Å². The molecule has 0 aliphatic carbocycles. The van der Waals surface area contributed by atoms with Gasteiger partial charge in [0.05, 0.1) is 0 Å². The van der Waals surface area contributed by atoms with E-state index < -0.39 is 17.5 Å². The quantitative estimate of drug-likeness (QED) is 0.776. The van der Waals surface area contributed by atoms with Crippen LogP contribution in [-0.4, -0.2) is 38.6 Å². The monoisotopic (exact) mass is 300 g/mol. The van der Waals surface area contributed by atoms with E-state index in [1.165, 1.54) is 13.0 Å². The smallest absolute Gasteiger partial charge is 0.240 e. The van der Waals surface area contributed by atoms with Gasteiger partial charge < -0.3 is 15.0 Å². The maximum Gasteiger partial charge on any atom is 0.240 e. The number of hydrogen-bond acceptors (Lipinski definition) is 3. The van der Waals surface area contributed by atoms with Gasteiger partial charge in [0.2, 0.25) is 11.8 Å². The van der Waals surface area contributed by atoms with E-state index in [0.29, 0.717) is 19.6 Å². The highest BCUT2D eigenvalue weighted by atomic mass is 19.2. The van der Waals surface area contributed by atoms with Gasteiger partial charge in [-0.1, -0.05) is 0 Å². The van der Waals surface area contributed by atoms with E-state index in [2.05, 4.69) is 5.32 Å². The minimum absolute atomic E-state index is 0.133. The lowest BCUT2D eigenvalue weighted by Gasteiger charge is -2.20. The molecule has 0 radical (unpaired) electrons. The number of rotatable bonds is 7. The van der Waals surface area contributed by atoms with Crippen LogP contribution in [0, 0.1) is 11.6 Å². The Morgan fingerprint density at radius 2 is 2.00 bits per heavy atom. The number of carbonyl (C=O) groups is 2. The lowest BCUT2D eigenvalue weighted by Crippen LogP contribution is -2.40. The summed E-state index contributed by atoms with van der Waals surface area (Å²) in [5, 5.41) is 2.62. The van der Waals surface area contributed by atoms with Gasteiger partial charge in [0, 0.05) is 38.9 Å². The summed E-state index contributed by atoms with van der Waals surface area (Å²) in [6.45, 7) is 1.92. The van der Waals surface area contributed by atoms with Crippen molar-refractivity contribution in [3.8, 4) is 0 Å². The maximum absolute atomic E-state index is 13.2. The number of methoxy groups -OCH3 is 1. The van der Waals surface area contributed by atoms with E-state index in [1.807, 2.05) is 0 Å². The molecule has 0 atom stereocenters. The van der Waals surface area contributed by atoms with Crippen LogP contribution in [0.5, 0.6) is 0 Å². The predicted molar refractivity (Wildman–Crippen MR) is 73.9 cm³/mol. The van der Waals surface area contributed by atoms with Crippen LogP contribution < -0.4 is 10.2 Å². The average Bonchev–Trinajstić information content (AvgIpc) is 2.44. The molecule has 7 heteroatoms. The zero-order chi connectivity index (χ0) is 15.8.